The lowest BCUT2D eigenvalue weighted by Gasteiger charge is -2.30. The van der Waals surface area contributed by atoms with Crippen LogP contribution in [0.25, 0.3) is 27.5 Å². The van der Waals surface area contributed by atoms with Crippen molar-refractivity contribution < 1.29 is 4.57 Å². The number of nitrogens with zero attached hydrogens (tertiary/aromatic N) is 3. The minimum atomic E-state index is 0.574. The van der Waals surface area contributed by atoms with Crippen molar-refractivity contribution in [2.75, 3.05) is 11.9 Å². The lowest BCUT2D eigenvalue weighted by molar-refractivity contribution is -0.572. The van der Waals surface area contributed by atoms with E-state index in [2.05, 4.69) is 82.0 Å². The van der Waals surface area contributed by atoms with Crippen LogP contribution in [0, 0.1) is 6.33 Å². The van der Waals surface area contributed by atoms with Gasteiger partial charge in [-0.3, -0.25) is 0 Å². The summed E-state index contributed by atoms with van der Waals surface area (Å²) in [5.74, 6) is 0. The van der Waals surface area contributed by atoms with Crippen molar-refractivity contribution >= 4 is 33.2 Å². The molecule has 2 aliphatic rings. The van der Waals surface area contributed by atoms with Crippen LogP contribution >= 0.6 is 0 Å². The van der Waals surface area contributed by atoms with Gasteiger partial charge in [-0.25, -0.2) is 0 Å². The molecule has 6 rings (SSSR count). The van der Waals surface area contributed by atoms with E-state index >= 15 is 0 Å². The summed E-state index contributed by atoms with van der Waals surface area (Å²) < 4.78 is 4.73. The molecule has 3 aromatic carbocycles. The Morgan fingerprint density at radius 2 is 1.67 bits per heavy atom. The highest BCUT2D eigenvalue weighted by molar-refractivity contribution is 5.96. The molecular formula is C24H23N3. The predicted molar refractivity (Wildman–Crippen MR) is 110 cm³/mol. The van der Waals surface area contributed by atoms with Gasteiger partial charge in [0.2, 0.25) is 6.33 Å². The maximum absolute atomic E-state index is 3.75. The highest BCUT2D eigenvalue weighted by Crippen LogP contribution is 2.40. The van der Waals surface area contributed by atoms with Gasteiger partial charge in [-0.1, -0.05) is 42.8 Å². The zero-order chi connectivity index (χ0) is 18.0. The first-order valence-electron chi connectivity index (χ1n) is 10.1. The Hall–Kier alpha value is -2.81. The SMILES string of the molecule is CN1c2cc3ccccc3cc2-[n+]2[c-]n(C3CCCCC3)c3cccc1c32. The number of imidazole rings is 1. The Balaban J connectivity index is 1.66. The molecule has 1 fully saturated rings. The third-order valence-corrected chi connectivity index (χ3v) is 6.43. The van der Waals surface area contributed by atoms with Gasteiger partial charge in [-0.15, -0.1) is 0 Å². The Morgan fingerprint density at radius 1 is 0.889 bits per heavy atom. The third-order valence-electron chi connectivity index (χ3n) is 6.43. The zero-order valence-corrected chi connectivity index (χ0v) is 15.7. The number of hydrogen-bond donors (Lipinski definition) is 0. The molecule has 4 aromatic rings. The second-order valence-electron chi connectivity index (χ2n) is 7.99. The fraction of sp³-hybridized carbons (Fsp3) is 0.292. The van der Waals surface area contributed by atoms with Crippen LogP contribution in [0.1, 0.15) is 38.1 Å². The number of fused-ring (bicyclic) bond motifs is 3. The number of rotatable bonds is 1. The Bertz CT molecular complexity index is 1180. The van der Waals surface area contributed by atoms with Gasteiger partial charge in [0.1, 0.15) is 0 Å². The molecule has 0 N–H and O–H groups in total. The average Bonchev–Trinajstić information content (AvgIpc) is 3.12. The van der Waals surface area contributed by atoms with Crippen molar-refractivity contribution in [2.45, 2.75) is 38.1 Å². The Morgan fingerprint density at radius 3 is 2.48 bits per heavy atom. The molecule has 2 heterocycles. The molecule has 0 bridgehead atoms. The van der Waals surface area contributed by atoms with Gasteiger partial charge in [-0.05, 0) is 54.7 Å². The number of para-hydroxylation sites is 1. The molecule has 0 spiro atoms. The Kier molecular flexibility index (Phi) is 3.16. The van der Waals surface area contributed by atoms with Crippen molar-refractivity contribution in [1.29, 1.82) is 0 Å². The molecule has 0 radical (unpaired) electrons. The summed E-state index contributed by atoms with van der Waals surface area (Å²) in [6, 6.07) is 20.5. The van der Waals surface area contributed by atoms with Gasteiger partial charge in [0.15, 0.2) is 0 Å². The maximum Gasteiger partial charge on any atom is 0.244 e. The van der Waals surface area contributed by atoms with Crippen LogP contribution in [0.4, 0.5) is 11.4 Å². The smallest absolute Gasteiger partial charge is 0.244 e. The van der Waals surface area contributed by atoms with Crippen molar-refractivity contribution in [3.63, 3.8) is 0 Å². The lowest BCUT2D eigenvalue weighted by Crippen LogP contribution is -2.36. The summed E-state index contributed by atoms with van der Waals surface area (Å²) in [4.78, 5) is 2.34. The lowest BCUT2D eigenvalue weighted by atomic mass is 9.95. The molecule has 0 atom stereocenters. The highest BCUT2D eigenvalue weighted by atomic mass is 15.2. The van der Waals surface area contributed by atoms with E-state index in [4.69, 9.17) is 0 Å². The predicted octanol–water partition coefficient (Wildman–Crippen LogP) is 5.46. The van der Waals surface area contributed by atoms with Crippen LogP contribution in [0.2, 0.25) is 0 Å². The summed E-state index contributed by atoms with van der Waals surface area (Å²) >= 11 is 0. The molecule has 27 heavy (non-hydrogen) atoms. The summed E-state index contributed by atoms with van der Waals surface area (Å²) in [5.41, 5.74) is 6.34. The molecule has 0 saturated heterocycles. The largest absolute Gasteiger partial charge is 0.354 e. The summed E-state index contributed by atoms with van der Waals surface area (Å²) in [6.07, 6.45) is 10.3. The van der Waals surface area contributed by atoms with Crippen LogP contribution in [-0.4, -0.2) is 11.6 Å². The van der Waals surface area contributed by atoms with E-state index in [1.807, 2.05) is 0 Å². The standard InChI is InChI=1S/C24H23N3/c1-25-20-12-7-13-21-24(20)27(16-26(21)19-10-3-2-4-11-19)23-15-18-9-6-5-8-17(18)14-22(23)25/h5-9,12-15,19H,2-4,10-11H2,1H3. The quantitative estimate of drug-likeness (QED) is 0.327. The first kappa shape index (κ1) is 15.3. The first-order valence-corrected chi connectivity index (χ1v) is 10.1. The summed E-state index contributed by atoms with van der Waals surface area (Å²) in [7, 11) is 2.18. The van der Waals surface area contributed by atoms with Gasteiger partial charge in [0.05, 0.1) is 22.8 Å². The molecule has 0 amide bonds. The van der Waals surface area contributed by atoms with Gasteiger partial charge < -0.3 is 14.0 Å². The molecule has 3 nitrogen and oxygen atoms in total. The molecule has 134 valence electrons. The van der Waals surface area contributed by atoms with E-state index in [0.29, 0.717) is 6.04 Å². The van der Waals surface area contributed by atoms with Gasteiger partial charge in [-0.2, -0.15) is 0 Å². The molecular weight excluding hydrogens is 330 g/mol. The fourth-order valence-corrected chi connectivity index (χ4v) is 5.01. The van der Waals surface area contributed by atoms with E-state index < -0.39 is 0 Å². The van der Waals surface area contributed by atoms with Crippen molar-refractivity contribution in [1.82, 2.24) is 4.57 Å². The second-order valence-corrected chi connectivity index (χ2v) is 7.99. The summed E-state index contributed by atoms with van der Waals surface area (Å²) in [6.45, 7) is 0. The average molecular weight is 353 g/mol. The number of anilines is 2. The minimum absolute atomic E-state index is 0.574. The van der Waals surface area contributed by atoms with Crippen LogP contribution in [0.15, 0.2) is 54.6 Å². The summed E-state index contributed by atoms with van der Waals surface area (Å²) in [5, 5.41) is 2.56. The highest BCUT2D eigenvalue weighted by Gasteiger charge is 2.27. The van der Waals surface area contributed by atoms with E-state index in [0.717, 1.165) is 0 Å². The third kappa shape index (κ3) is 2.11. The molecule has 1 aliphatic carbocycles. The molecule has 1 aliphatic heterocycles. The van der Waals surface area contributed by atoms with E-state index in [9.17, 15) is 0 Å². The zero-order valence-electron chi connectivity index (χ0n) is 15.7. The van der Waals surface area contributed by atoms with Gasteiger partial charge in [0.25, 0.3) is 0 Å². The van der Waals surface area contributed by atoms with E-state index in [1.54, 1.807) is 0 Å². The minimum Gasteiger partial charge on any atom is -0.354 e. The number of hydrogen-bond acceptors (Lipinski definition) is 1. The van der Waals surface area contributed by atoms with Crippen LogP contribution in [0.5, 0.6) is 0 Å². The van der Waals surface area contributed by atoms with Gasteiger partial charge >= 0.3 is 0 Å². The number of aromatic nitrogens is 2. The van der Waals surface area contributed by atoms with Crippen LogP contribution < -0.4 is 9.47 Å². The monoisotopic (exact) mass is 353 g/mol. The molecule has 1 saturated carbocycles. The van der Waals surface area contributed by atoms with E-state index in [1.165, 1.54) is 71.0 Å². The topological polar surface area (TPSA) is 12.1 Å². The number of benzene rings is 3. The van der Waals surface area contributed by atoms with Crippen molar-refractivity contribution in [2.24, 2.45) is 0 Å². The normalized spacial score (nSPS) is 16.9. The van der Waals surface area contributed by atoms with Crippen molar-refractivity contribution in [3.8, 4) is 5.69 Å². The Labute approximate surface area is 159 Å². The van der Waals surface area contributed by atoms with Crippen LogP contribution in [-0.2, 0) is 0 Å². The second kappa shape index (κ2) is 5.59. The van der Waals surface area contributed by atoms with Gasteiger partial charge in [0, 0.05) is 18.4 Å². The van der Waals surface area contributed by atoms with Crippen LogP contribution in [0.3, 0.4) is 0 Å². The van der Waals surface area contributed by atoms with Crippen molar-refractivity contribution in [3.05, 3.63) is 60.9 Å². The fourth-order valence-electron chi connectivity index (χ4n) is 5.01. The maximum atomic E-state index is 3.75. The molecule has 0 unspecified atom stereocenters. The molecule has 3 heteroatoms. The first-order chi connectivity index (χ1) is 13.3. The van der Waals surface area contributed by atoms with E-state index in [-0.39, 0.29) is 0 Å². The molecule has 1 aromatic heterocycles.